The Kier molecular flexibility index (Phi) is 11.0. The van der Waals surface area contributed by atoms with Gasteiger partial charge >= 0.3 is 11.9 Å². The third-order valence-corrected chi connectivity index (χ3v) is 5.48. The lowest BCUT2D eigenvalue weighted by molar-refractivity contribution is -0.139. The first-order valence-corrected chi connectivity index (χ1v) is 12.0. The first-order valence-electron chi connectivity index (χ1n) is 11.2. The van der Waals surface area contributed by atoms with E-state index in [1.807, 2.05) is 25.1 Å². The van der Waals surface area contributed by atoms with Gasteiger partial charge in [-0.2, -0.15) is 0 Å². The van der Waals surface area contributed by atoms with Crippen molar-refractivity contribution in [1.29, 1.82) is 0 Å². The van der Waals surface area contributed by atoms with E-state index in [0.29, 0.717) is 35.7 Å². The van der Waals surface area contributed by atoms with Crippen LogP contribution in [0.3, 0.4) is 0 Å². The predicted molar refractivity (Wildman–Crippen MR) is 138 cm³/mol. The monoisotopic (exact) mass is 494 g/mol. The standard InChI is InChI=1S/C28H30O6S/c1-6-21-18-24(34-28(31)20(4)5)10-8-22(21)9-15-26(29)35-25-13-11-23(12-14-25)32-16-7-17-33-27(30)19(2)3/h8-15,18H,2,4,6-7,16-17H2,1,3,5H3/b15-9+. The van der Waals surface area contributed by atoms with Crippen LogP contribution in [-0.2, 0) is 25.5 Å². The van der Waals surface area contributed by atoms with Crippen LogP contribution in [-0.4, -0.2) is 30.3 Å². The van der Waals surface area contributed by atoms with Crippen molar-refractivity contribution in [2.75, 3.05) is 13.2 Å². The fraction of sp³-hybridized carbons (Fsp3) is 0.250. The Bertz CT molecular complexity index is 1110. The van der Waals surface area contributed by atoms with Crippen LogP contribution in [0.25, 0.3) is 6.08 Å². The highest BCUT2D eigenvalue weighted by molar-refractivity contribution is 8.14. The molecule has 0 bridgehead atoms. The van der Waals surface area contributed by atoms with E-state index in [0.717, 1.165) is 34.2 Å². The van der Waals surface area contributed by atoms with Crippen LogP contribution in [0.1, 0.15) is 38.3 Å². The predicted octanol–water partition coefficient (Wildman–Crippen LogP) is 5.95. The number of benzene rings is 2. The summed E-state index contributed by atoms with van der Waals surface area (Å²) in [5.41, 5.74) is 2.54. The lowest BCUT2D eigenvalue weighted by atomic mass is 10.0. The van der Waals surface area contributed by atoms with Gasteiger partial charge in [-0.3, -0.25) is 4.79 Å². The molecule has 0 atom stereocenters. The number of carbonyl (C=O) groups excluding carboxylic acids is 3. The molecular formula is C28H30O6S. The van der Waals surface area contributed by atoms with E-state index in [2.05, 4.69) is 13.2 Å². The fourth-order valence-electron chi connectivity index (χ4n) is 2.76. The largest absolute Gasteiger partial charge is 0.493 e. The van der Waals surface area contributed by atoms with Gasteiger partial charge in [0.15, 0.2) is 0 Å². The molecule has 0 unspecified atom stereocenters. The van der Waals surface area contributed by atoms with Crippen molar-refractivity contribution in [3.8, 4) is 11.5 Å². The average molecular weight is 495 g/mol. The minimum Gasteiger partial charge on any atom is -0.493 e. The van der Waals surface area contributed by atoms with E-state index < -0.39 is 11.9 Å². The van der Waals surface area contributed by atoms with E-state index in [9.17, 15) is 14.4 Å². The van der Waals surface area contributed by atoms with Gasteiger partial charge in [0.25, 0.3) is 0 Å². The van der Waals surface area contributed by atoms with Crippen molar-refractivity contribution in [2.45, 2.75) is 38.5 Å². The maximum atomic E-state index is 12.4. The van der Waals surface area contributed by atoms with Crippen molar-refractivity contribution in [2.24, 2.45) is 0 Å². The minimum atomic E-state index is -0.470. The second-order valence-corrected chi connectivity index (χ2v) is 8.81. The molecule has 0 radical (unpaired) electrons. The molecule has 0 aliphatic rings. The number of hydrogen-bond acceptors (Lipinski definition) is 7. The summed E-state index contributed by atoms with van der Waals surface area (Å²) in [5, 5.41) is -0.113. The van der Waals surface area contributed by atoms with Crippen LogP contribution in [0, 0.1) is 0 Å². The van der Waals surface area contributed by atoms with Gasteiger partial charge in [0.05, 0.1) is 13.2 Å². The summed E-state index contributed by atoms with van der Waals surface area (Å²) in [6, 6.07) is 12.5. The summed E-state index contributed by atoms with van der Waals surface area (Å²) in [7, 11) is 0. The third-order valence-electron chi connectivity index (χ3n) is 4.63. The van der Waals surface area contributed by atoms with Crippen LogP contribution in [0.5, 0.6) is 11.5 Å². The van der Waals surface area contributed by atoms with Crippen LogP contribution < -0.4 is 9.47 Å². The van der Waals surface area contributed by atoms with Crippen LogP contribution in [0.4, 0.5) is 0 Å². The lowest BCUT2D eigenvalue weighted by Gasteiger charge is -2.08. The Labute approximate surface area is 210 Å². The molecule has 0 heterocycles. The van der Waals surface area contributed by atoms with Gasteiger partial charge < -0.3 is 14.2 Å². The second kappa shape index (κ2) is 14.0. The van der Waals surface area contributed by atoms with Crippen molar-refractivity contribution in [3.05, 3.63) is 84.0 Å². The number of hydrogen-bond donors (Lipinski definition) is 0. The summed E-state index contributed by atoms with van der Waals surface area (Å²) < 4.78 is 15.9. The van der Waals surface area contributed by atoms with Crippen molar-refractivity contribution >= 4 is 34.9 Å². The number of aryl methyl sites for hydroxylation is 1. The topological polar surface area (TPSA) is 78.9 Å². The highest BCUT2D eigenvalue weighted by Crippen LogP contribution is 2.24. The van der Waals surface area contributed by atoms with Gasteiger partial charge in [-0.25, -0.2) is 9.59 Å². The van der Waals surface area contributed by atoms with Gasteiger partial charge in [-0.1, -0.05) is 32.2 Å². The van der Waals surface area contributed by atoms with Crippen molar-refractivity contribution in [3.63, 3.8) is 0 Å². The average Bonchev–Trinajstić information content (AvgIpc) is 2.83. The Balaban J connectivity index is 1.85. The maximum Gasteiger partial charge on any atom is 0.338 e. The molecule has 0 saturated carbocycles. The fourth-order valence-corrected chi connectivity index (χ4v) is 3.40. The SMILES string of the molecule is C=C(C)C(=O)OCCCOc1ccc(SC(=O)/C=C/c2ccc(OC(=O)C(=C)C)cc2CC)cc1. The molecule has 0 saturated heterocycles. The highest BCUT2D eigenvalue weighted by Gasteiger charge is 2.08. The zero-order valence-corrected chi connectivity index (χ0v) is 21.1. The van der Waals surface area contributed by atoms with E-state index in [1.54, 1.807) is 44.2 Å². The van der Waals surface area contributed by atoms with Crippen LogP contribution >= 0.6 is 11.8 Å². The minimum absolute atomic E-state index is 0.113. The number of thioether (sulfide) groups is 1. The van der Waals surface area contributed by atoms with Gasteiger partial charge in [0, 0.05) is 22.5 Å². The molecule has 2 rings (SSSR count). The smallest absolute Gasteiger partial charge is 0.338 e. The summed E-state index contributed by atoms with van der Waals surface area (Å²) in [6.07, 6.45) is 4.57. The van der Waals surface area contributed by atoms with E-state index in [1.165, 1.54) is 6.08 Å². The number of carbonyl (C=O) groups is 3. The summed E-state index contributed by atoms with van der Waals surface area (Å²) in [4.78, 5) is 36.2. The summed E-state index contributed by atoms with van der Waals surface area (Å²) in [6.45, 7) is 13.0. The Morgan fingerprint density at radius 3 is 2.20 bits per heavy atom. The van der Waals surface area contributed by atoms with Crippen LogP contribution in [0.2, 0.25) is 0 Å². The molecular weight excluding hydrogens is 464 g/mol. The molecule has 35 heavy (non-hydrogen) atoms. The second-order valence-electron chi connectivity index (χ2n) is 7.73. The highest BCUT2D eigenvalue weighted by atomic mass is 32.2. The molecule has 6 nitrogen and oxygen atoms in total. The summed E-state index contributed by atoms with van der Waals surface area (Å²) in [5.74, 6) is 0.242. The Hall–Kier alpha value is -3.58. The van der Waals surface area contributed by atoms with Crippen molar-refractivity contribution < 1.29 is 28.6 Å². The van der Waals surface area contributed by atoms with E-state index >= 15 is 0 Å². The maximum absolute atomic E-state index is 12.4. The van der Waals surface area contributed by atoms with Gasteiger partial charge in [0.1, 0.15) is 11.5 Å². The Morgan fingerprint density at radius 2 is 1.57 bits per heavy atom. The quantitative estimate of drug-likeness (QED) is 0.119. The normalized spacial score (nSPS) is 10.6. The first-order chi connectivity index (χ1) is 16.7. The molecule has 2 aromatic rings. The van der Waals surface area contributed by atoms with Gasteiger partial charge in [0.2, 0.25) is 5.12 Å². The van der Waals surface area contributed by atoms with Crippen LogP contribution in [0.15, 0.2) is 77.7 Å². The molecule has 184 valence electrons. The molecule has 7 heteroatoms. The van der Waals surface area contributed by atoms with Crippen molar-refractivity contribution in [1.82, 2.24) is 0 Å². The number of esters is 2. The lowest BCUT2D eigenvalue weighted by Crippen LogP contribution is -2.09. The number of rotatable bonds is 12. The molecule has 0 N–H and O–H groups in total. The molecule has 0 amide bonds. The number of ether oxygens (including phenoxy) is 3. The molecule has 2 aromatic carbocycles. The van der Waals surface area contributed by atoms with E-state index in [4.69, 9.17) is 14.2 Å². The molecule has 0 aliphatic carbocycles. The first kappa shape index (κ1) is 27.7. The van der Waals surface area contributed by atoms with Gasteiger partial charge in [-0.15, -0.1) is 0 Å². The summed E-state index contributed by atoms with van der Waals surface area (Å²) >= 11 is 1.11. The zero-order valence-electron chi connectivity index (χ0n) is 20.3. The molecule has 0 fully saturated rings. The molecule has 0 aliphatic heterocycles. The molecule has 0 spiro atoms. The molecule has 0 aromatic heterocycles. The van der Waals surface area contributed by atoms with E-state index in [-0.39, 0.29) is 11.7 Å². The zero-order chi connectivity index (χ0) is 25.8. The third kappa shape index (κ3) is 9.66. The van der Waals surface area contributed by atoms with Gasteiger partial charge in [-0.05, 0) is 85.6 Å². The Morgan fingerprint density at radius 1 is 0.914 bits per heavy atom.